The summed E-state index contributed by atoms with van der Waals surface area (Å²) in [5.41, 5.74) is 5.81. The lowest BCUT2D eigenvalue weighted by atomic mass is 10.0. The predicted octanol–water partition coefficient (Wildman–Crippen LogP) is 5.79. The van der Waals surface area contributed by atoms with Crippen molar-refractivity contribution in [3.05, 3.63) is 100 Å². The maximum atomic E-state index is 12.1. The number of nitrogens with zero attached hydrogens (tertiary/aromatic N) is 1. The molecule has 0 atom stereocenters. The van der Waals surface area contributed by atoms with Crippen molar-refractivity contribution in [2.45, 2.75) is 19.4 Å². The first-order valence-corrected chi connectivity index (χ1v) is 11.8. The summed E-state index contributed by atoms with van der Waals surface area (Å²) < 4.78 is 16.3. The summed E-state index contributed by atoms with van der Waals surface area (Å²) in [6, 6.07) is 20.1. The van der Waals surface area contributed by atoms with E-state index in [1.54, 1.807) is 19.2 Å². The SMILES string of the molecule is COC(=O)c1ccc(COc2ccc(/C=C3/CCc4c3nc3ccccc3c4C(=O)O)cc2OC)cc1. The number of carbonyl (C=O) groups excluding carboxylic acids is 1. The first-order chi connectivity index (χ1) is 18.0. The lowest BCUT2D eigenvalue weighted by molar-refractivity contribution is 0.0599. The first-order valence-electron chi connectivity index (χ1n) is 11.8. The second-order valence-corrected chi connectivity index (χ2v) is 8.69. The van der Waals surface area contributed by atoms with Crippen LogP contribution in [-0.2, 0) is 17.8 Å². The van der Waals surface area contributed by atoms with Crippen LogP contribution in [0.3, 0.4) is 0 Å². The standard InChI is InChI=1S/C30H25NO6/c1-35-26-16-19(9-14-25(26)37-17-18-7-10-20(11-8-18)30(34)36-2)15-21-12-13-23-27(29(32)33)22-5-3-4-6-24(22)31-28(21)23/h3-11,14-16H,12-13,17H2,1-2H3,(H,32,33)/b21-15-. The second-order valence-electron chi connectivity index (χ2n) is 8.69. The minimum absolute atomic E-state index is 0.306. The number of methoxy groups -OCH3 is 2. The number of hydrogen-bond acceptors (Lipinski definition) is 6. The summed E-state index contributed by atoms with van der Waals surface area (Å²) in [7, 11) is 2.93. The monoisotopic (exact) mass is 495 g/mol. The Labute approximate surface area is 213 Å². The van der Waals surface area contributed by atoms with E-state index in [2.05, 4.69) is 0 Å². The summed E-state index contributed by atoms with van der Waals surface area (Å²) in [5, 5.41) is 10.6. The van der Waals surface area contributed by atoms with Crippen molar-refractivity contribution in [2.75, 3.05) is 14.2 Å². The quantitative estimate of drug-likeness (QED) is 0.324. The highest BCUT2D eigenvalue weighted by Gasteiger charge is 2.26. The van der Waals surface area contributed by atoms with Crippen LogP contribution in [-0.4, -0.2) is 36.2 Å². The Morgan fingerprint density at radius 2 is 1.76 bits per heavy atom. The van der Waals surface area contributed by atoms with E-state index in [9.17, 15) is 14.7 Å². The van der Waals surface area contributed by atoms with Gasteiger partial charge in [0.15, 0.2) is 11.5 Å². The number of carbonyl (C=O) groups is 2. The summed E-state index contributed by atoms with van der Waals surface area (Å²) in [6.07, 6.45) is 3.37. The zero-order chi connectivity index (χ0) is 25.9. The molecule has 186 valence electrons. The molecule has 0 amide bonds. The van der Waals surface area contributed by atoms with E-state index in [-0.39, 0.29) is 5.97 Å². The number of fused-ring (bicyclic) bond motifs is 2. The summed E-state index contributed by atoms with van der Waals surface area (Å²) in [4.78, 5) is 28.5. The van der Waals surface area contributed by atoms with E-state index < -0.39 is 5.97 Å². The lowest BCUT2D eigenvalue weighted by Gasteiger charge is -2.12. The van der Waals surface area contributed by atoms with Gasteiger partial charge in [-0.3, -0.25) is 0 Å². The average molecular weight is 496 g/mol. The minimum atomic E-state index is -0.931. The van der Waals surface area contributed by atoms with Crippen LogP contribution in [0.5, 0.6) is 11.5 Å². The number of para-hydroxylation sites is 1. The van der Waals surface area contributed by atoms with Crippen molar-refractivity contribution in [1.29, 1.82) is 0 Å². The third kappa shape index (κ3) is 4.76. The van der Waals surface area contributed by atoms with Crippen LogP contribution < -0.4 is 9.47 Å². The number of esters is 1. The van der Waals surface area contributed by atoms with Gasteiger partial charge in [-0.2, -0.15) is 0 Å². The Bertz CT molecular complexity index is 1540. The van der Waals surface area contributed by atoms with Gasteiger partial charge in [0, 0.05) is 5.39 Å². The highest BCUT2D eigenvalue weighted by Crippen LogP contribution is 2.38. The molecule has 1 N–H and O–H groups in total. The highest BCUT2D eigenvalue weighted by atomic mass is 16.5. The van der Waals surface area contributed by atoms with Gasteiger partial charge in [0.25, 0.3) is 0 Å². The van der Waals surface area contributed by atoms with Crippen molar-refractivity contribution in [3.8, 4) is 11.5 Å². The van der Waals surface area contributed by atoms with Crippen molar-refractivity contribution in [3.63, 3.8) is 0 Å². The maximum Gasteiger partial charge on any atom is 0.337 e. The van der Waals surface area contributed by atoms with Crippen LogP contribution >= 0.6 is 0 Å². The van der Waals surface area contributed by atoms with E-state index in [4.69, 9.17) is 19.2 Å². The fourth-order valence-electron chi connectivity index (χ4n) is 4.63. The molecule has 5 rings (SSSR count). The molecule has 1 aliphatic carbocycles. The molecule has 0 radical (unpaired) electrons. The minimum Gasteiger partial charge on any atom is -0.493 e. The Hall–Kier alpha value is -4.65. The van der Waals surface area contributed by atoms with E-state index in [0.29, 0.717) is 53.0 Å². The van der Waals surface area contributed by atoms with E-state index in [0.717, 1.165) is 28.0 Å². The van der Waals surface area contributed by atoms with E-state index >= 15 is 0 Å². The van der Waals surface area contributed by atoms with Crippen LogP contribution in [0.15, 0.2) is 66.7 Å². The van der Waals surface area contributed by atoms with Gasteiger partial charge in [0.05, 0.1) is 36.6 Å². The molecule has 0 unspecified atom stereocenters. The Morgan fingerprint density at radius 3 is 2.49 bits per heavy atom. The van der Waals surface area contributed by atoms with E-state index in [1.165, 1.54) is 7.11 Å². The zero-order valence-corrected chi connectivity index (χ0v) is 20.5. The topological polar surface area (TPSA) is 95.0 Å². The molecular formula is C30H25NO6. The molecule has 0 saturated heterocycles. The number of pyridine rings is 1. The molecule has 0 fully saturated rings. The average Bonchev–Trinajstić information content (AvgIpc) is 3.32. The van der Waals surface area contributed by atoms with Crippen LogP contribution in [0.2, 0.25) is 0 Å². The molecule has 7 heteroatoms. The zero-order valence-electron chi connectivity index (χ0n) is 20.5. The van der Waals surface area contributed by atoms with Crippen LogP contribution in [0, 0.1) is 0 Å². The molecule has 4 aromatic rings. The molecule has 0 bridgehead atoms. The van der Waals surface area contributed by atoms with Gasteiger partial charge in [-0.1, -0.05) is 36.4 Å². The molecule has 0 aliphatic heterocycles. The van der Waals surface area contributed by atoms with Gasteiger partial charge in [0.1, 0.15) is 6.61 Å². The summed E-state index contributed by atoms with van der Waals surface area (Å²) in [5.74, 6) is -0.146. The Kier molecular flexibility index (Phi) is 6.60. The van der Waals surface area contributed by atoms with Gasteiger partial charge < -0.3 is 19.3 Å². The second kappa shape index (κ2) is 10.1. The number of aromatic carboxylic acids is 1. The van der Waals surface area contributed by atoms with Gasteiger partial charge in [-0.25, -0.2) is 14.6 Å². The molecule has 1 aromatic heterocycles. The van der Waals surface area contributed by atoms with Crippen molar-refractivity contribution >= 4 is 34.5 Å². The number of benzene rings is 3. The molecular weight excluding hydrogens is 470 g/mol. The number of carboxylic acids is 1. The van der Waals surface area contributed by atoms with Crippen LogP contribution in [0.1, 0.15) is 49.5 Å². The molecule has 0 saturated carbocycles. The highest BCUT2D eigenvalue weighted by molar-refractivity contribution is 6.06. The normalized spacial score (nSPS) is 13.4. The largest absolute Gasteiger partial charge is 0.493 e. The van der Waals surface area contributed by atoms with Crippen molar-refractivity contribution < 1.29 is 28.9 Å². The Morgan fingerprint density at radius 1 is 0.973 bits per heavy atom. The smallest absolute Gasteiger partial charge is 0.337 e. The fourth-order valence-corrected chi connectivity index (χ4v) is 4.63. The number of aromatic nitrogens is 1. The Balaban J connectivity index is 1.40. The number of rotatable bonds is 7. The van der Waals surface area contributed by atoms with Crippen LogP contribution in [0.25, 0.3) is 22.6 Å². The van der Waals surface area contributed by atoms with Crippen molar-refractivity contribution in [2.24, 2.45) is 0 Å². The predicted molar refractivity (Wildman–Crippen MR) is 140 cm³/mol. The number of allylic oxidation sites excluding steroid dienone is 1. The number of ether oxygens (including phenoxy) is 3. The van der Waals surface area contributed by atoms with Gasteiger partial charge in [-0.05, 0) is 71.5 Å². The van der Waals surface area contributed by atoms with E-state index in [1.807, 2.05) is 60.7 Å². The third-order valence-corrected chi connectivity index (χ3v) is 6.45. The summed E-state index contributed by atoms with van der Waals surface area (Å²) in [6.45, 7) is 0.306. The fraction of sp³-hybridized carbons (Fsp3) is 0.167. The van der Waals surface area contributed by atoms with Gasteiger partial charge in [-0.15, -0.1) is 0 Å². The van der Waals surface area contributed by atoms with Crippen molar-refractivity contribution in [1.82, 2.24) is 4.98 Å². The molecule has 1 aliphatic rings. The molecule has 1 heterocycles. The van der Waals surface area contributed by atoms with Crippen LogP contribution in [0.4, 0.5) is 0 Å². The number of carboxylic acid groups (broad SMARTS) is 1. The molecule has 0 spiro atoms. The summed E-state index contributed by atoms with van der Waals surface area (Å²) >= 11 is 0. The molecule has 37 heavy (non-hydrogen) atoms. The lowest BCUT2D eigenvalue weighted by Crippen LogP contribution is -2.05. The molecule has 7 nitrogen and oxygen atoms in total. The first kappa shape index (κ1) is 24.1. The van der Waals surface area contributed by atoms with Gasteiger partial charge >= 0.3 is 11.9 Å². The maximum absolute atomic E-state index is 12.1. The molecule has 3 aromatic carbocycles. The number of hydrogen-bond donors (Lipinski definition) is 1. The van der Waals surface area contributed by atoms with Gasteiger partial charge in [0.2, 0.25) is 0 Å². The third-order valence-electron chi connectivity index (χ3n) is 6.45.